The summed E-state index contributed by atoms with van der Waals surface area (Å²) in [5, 5.41) is 18.4. The Hall–Kier alpha value is -1.80. The first kappa shape index (κ1) is 11.3. The zero-order chi connectivity index (χ0) is 12.6. The van der Waals surface area contributed by atoms with Crippen molar-refractivity contribution >= 4 is 11.5 Å². The number of aromatic nitrogens is 5. The predicted octanol–water partition coefficient (Wildman–Crippen LogP) is 0.0827. The molecule has 0 aliphatic carbocycles. The van der Waals surface area contributed by atoms with E-state index in [1.807, 2.05) is 19.9 Å². The lowest BCUT2D eigenvalue weighted by Gasteiger charge is -2.17. The Labute approximate surface area is 103 Å². The van der Waals surface area contributed by atoms with Gasteiger partial charge in [-0.1, -0.05) is 0 Å². The second-order valence-corrected chi connectivity index (χ2v) is 4.58. The number of nitrogens with one attached hydrogen (secondary N) is 1. The molecule has 2 aromatic rings. The molecule has 0 bridgehead atoms. The van der Waals surface area contributed by atoms with Crippen molar-refractivity contribution in [3.63, 3.8) is 0 Å². The van der Waals surface area contributed by atoms with Gasteiger partial charge in [-0.05, 0) is 36.4 Å². The average molecular weight is 250 g/mol. The number of fused-ring (bicyclic) bond motifs is 1. The van der Waals surface area contributed by atoms with Gasteiger partial charge >= 0.3 is 0 Å². The van der Waals surface area contributed by atoms with Gasteiger partial charge in [0, 0.05) is 6.54 Å². The number of ether oxygens (including phenoxy) is 2. The van der Waals surface area contributed by atoms with Crippen LogP contribution in [0.15, 0.2) is 12.1 Å². The van der Waals surface area contributed by atoms with E-state index in [2.05, 4.69) is 25.9 Å². The molecule has 1 N–H and O–H groups in total. The van der Waals surface area contributed by atoms with Crippen molar-refractivity contribution in [1.29, 1.82) is 0 Å². The molecule has 0 radical (unpaired) electrons. The molecular formula is C10H14N6O2. The molecule has 0 spiro atoms. The van der Waals surface area contributed by atoms with E-state index >= 15 is 0 Å². The standard InChI is InChI=1S/C10H14N6O2/c1-10(2)17-6-7(18-10)5-11-8-3-4-9-12-14-15-16(9)13-8/h3-4,7H,5-6H2,1-2H3,(H,11,13). The van der Waals surface area contributed by atoms with E-state index in [0.717, 1.165) is 0 Å². The molecule has 1 saturated heterocycles. The minimum atomic E-state index is -0.500. The molecule has 1 fully saturated rings. The Kier molecular flexibility index (Phi) is 2.60. The van der Waals surface area contributed by atoms with Crippen LogP contribution in [0, 0.1) is 0 Å². The molecule has 1 unspecified atom stereocenters. The summed E-state index contributed by atoms with van der Waals surface area (Å²) in [6.07, 6.45) is 0.0198. The van der Waals surface area contributed by atoms with Crippen LogP contribution in [0.1, 0.15) is 13.8 Å². The molecule has 96 valence electrons. The van der Waals surface area contributed by atoms with E-state index in [1.165, 1.54) is 4.63 Å². The number of hydrogen-bond acceptors (Lipinski definition) is 7. The number of hydrogen-bond donors (Lipinski definition) is 1. The maximum absolute atomic E-state index is 5.68. The maximum atomic E-state index is 5.68. The Morgan fingerprint density at radius 1 is 1.50 bits per heavy atom. The SMILES string of the molecule is CC1(C)OCC(CNc2ccc3nnnn3n2)O1. The third-order valence-corrected chi connectivity index (χ3v) is 2.65. The highest BCUT2D eigenvalue weighted by Gasteiger charge is 2.32. The second kappa shape index (κ2) is 4.14. The van der Waals surface area contributed by atoms with Crippen molar-refractivity contribution in [3.8, 4) is 0 Å². The van der Waals surface area contributed by atoms with E-state index < -0.39 is 5.79 Å². The van der Waals surface area contributed by atoms with Gasteiger partial charge in [-0.15, -0.1) is 14.8 Å². The van der Waals surface area contributed by atoms with E-state index in [9.17, 15) is 0 Å². The molecule has 1 aliphatic rings. The summed E-state index contributed by atoms with van der Waals surface area (Å²) in [5.41, 5.74) is 0.613. The summed E-state index contributed by atoms with van der Waals surface area (Å²) in [7, 11) is 0. The van der Waals surface area contributed by atoms with Crippen molar-refractivity contribution < 1.29 is 9.47 Å². The third-order valence-electron chi connectivity index (χ3n) is 2.65. The highest BCUT2D eigenvalue weighted by Crippen LogP contribution is 2.22. The van der Waals surface area contributed by atoms with Crippen LogP contribution in [0.3, 0.4) is 0 Å². The lowest BCUT2D eigenvalue weighted by atomic mass is 10.3. The average Bonchev–Trinajstić information content (AvgIpc) is 2.92. The molecule has 0 amide bonds. The van der Waals surface area contributed by atoms with E-state index in [1.54, 1.807) is 6.07 Å². The second-order valence-electron chi connectivity index (χ2n) is 4.58. The van der Waals surface area contributed by atoms with E-state index in [-0.39, 0.29) is 6.10 Å². The first-order valence-corrected chi connectivity index (χ1v) is 5.73. The molecular weight excluding hydrogens is 236 g/mol. The van der Waals surface area contributed by atoms with Crippen LogP contribution in [0.4, 0.5) is 5.82 Å². The summed E-state index contributed by atoms with van der Waals surface area (Å²) < 4.78 is 12.5. The Morgan fingerprint density at radius 2 is 2.39 bits per heavy atom. The maximum Gasteiger partial charge on any atom is 0.200 e. The van der Waals surface area contributed by atoms with Crippen LogP contribution >= 0.6 is 0 Å². The third kappa shape index (κ3) is 2.24. The van der Waals surface area contributed by atoms with Gasteiger partial charge in [-0.25, -0.2) is 0 Å². The number of anilines is 1. The molecule has 18 heavy (non-hydrogen) atoms. The van der Waals surface area contributed by atoms with Gasteiger partial charge in [0.05, 0.1) is 6.61 Å². The molecule has 0 saturated carbocycles. The smallest absolute Gasteiger partial charge is 0.200 e. The minimum absolute atomic E-state index is 0.0198. The Bertz CT molecular complexity index is 554. The van der Waals surface area contributed by atoms with Crippen molar-refractivity contribution in [1.82, 2.24) is 25.3 Å². The fourth-order valence-electron chi connectivity index (χ4n) is 1.83. The van der Waals surface area contributed by atoms with Gasteiger partial charge in [0.25, 0.3) is 0 Å². The molecule has 1 aliphatic heterocycles. The van der Waals surface area contributed by atoms with Crippen LogP contribution in [-0.4, -0.2) is 50.3 Å². The fraction of sp³-hybridized carbons (Fsp3) is 0.600. The van der Waals surface area contributed by atoms with E-state index in [4.69, 9.17) is 9.47 Å². The van der Waals surface area contributed by atoms with Crippen molar-refractivity contribution in [2.24, 2.45) is 0 Å². The van der Waals surface area contributed by atoms with Crippen LogP contribution in [0.5, 0.6) is 0 Å². The van der Waals surface area contributed by atoms with Gasteiger partial charge in [-0.2, -0.15) is 0 Å². The normalized spacial score (nSPS) is 22.4. The van der Waals surface area contributed by atoms with Crippen LogP contribution in [-0.2, 0) is 9.47 Å². The van der Waals surface area contributed by atoms with Crippen LogP contribution in [0.25, 0.3) is 5.65 Å². The first-order valence-electron chi connectivity index (χ1n) is 5.73. The topological polar surface area (TPSA) is 86.5 Å². The quantitative estimate of drug-likeness (QED) is 0.825. The zero-order valence-corrected chi connectivity index (χ0v) is 10.2. The lowest BCUT2D eigenvalue weighted by Crippen LogP contribution is -2.26. The van der Waals surface area contributed by atoms with Gasteiger partial charge < -0.3 is 14.8 Å². The largest absolute Gasteiger partial charge is 0.366 e. The minimum Gasteiger partial charge on any atom is -0.366 e. The van der Waals surface area contributed by atoms with Crippen LogP contribution in [0.2, 0.25) is 0 Å². The summed E-state index contributed by atoms with van der Waals surface area (Å²) in [6.45, 7) is 5.01. The number of rotatable bonds is 3. The van der Waals surface area contributed by atoms with Crippen LogP contribution < -0.4 is 5.32 Å². The highest BCUT2D eigenvalue weighted by atomic mass is 16.7. The fourth-order valence-corrected chi connectivity index (χ4v) is 1.83. The number of nitrogens with zero attached hydrogens (tertiary/aromatic N) is 5. The summed E-state index contributed by atoms with van der Waals surface area (Å²) in [6, 6.07) is 3.62. The van der Waals surface area contributed by atoms with Crippen molar-refractivity contribution in [2.75, 3.05) is 18.5 Å². The molecule has 0 aromatic carbocycles. The highest BCUT2D eigenvalue weighted by molar-refractivity contribution is 5.42. The zero-order valence-electron chi connectivity index (χ0n) is 10.2. The van der Waals surface area contributed by atoms with Gasteiger partial charge in [0.1, 0.15) is 11.9 Å². The predicted molar refractivity (Wildman–Crippen MR) is 62.0 cm³/mol. The molecule has 3 heterocycles. The lowest BCUT2D eigenvalue weighted by molar-refractivity contribution is -0.136. The van der Waals surface area contributed by atoms with Gasteiger partial charge in [-0.3, -0.25) is 0 Å². The van der Waals surface area contributed by atoms with Crippen molar-refractivity contribution in [2.45, 2.75) is 25.7 Å². The molecule has 8 nitrogen and oxygen atoms in total. The first-order chi connectivity index (χ1) is 8.62. The van der Waals surface area contributed by atoms with Gasteiger partial charge in [0.2, 0.25) is 0 Å². The Morgan fingerprint density at radius 3 is 3.17 bits per heavy atom. The number of tetrazole rings is 1. The molecule has 2 aromatic heterocycles. The molecule has 3 rings (SSSR count). The molecule has 1 atom stereocenters. The summed E-state index contributed by atoms with van der Waals surface area (Å²) >= 11 is 0. The van der Waals surface area contributed by atoms with Gasteiger partial charge in [0.15, 0.2) is 11.4 Å². The summed E-state index contributed by atoms with van der Waals surface area (Å²) in [4.78, 5) is 0. The summed E-state index contributed by atoms with van der Waals surface area (Å²) in [5.74, 6) is 0.197. The molecule has 8 heteroatoms. The van der Waals surface area contributed by atoms with Crippen molar-refractivity contribution in [3.05, 3.63) is 12.1 Å². The van der Waals surface area contributed by atoms with E-state index in [0.29, 0.717) is 24.6 Å². The monoisotopic (exact) mass is 250 g/mol. The Balaban J connectivity index is 1.63.